The third-order valence-electron chi connectivity index (χ3n) is 3.11. The molecule has 0 saturated carbocycles. The van der Waals surface area contributed by atoms with Crippen LogP contribution in [0.3, 0.4) is 0 Å². The van der Waals surface area contributed by atoms with E-state index >= 15 is 0 Å². The quantitative estimate of drug-likeness (QED) is 0.816. The van der Waals surface area contributed by atoms with Gasteiger partial charge in [-0.25, -0.2) is 0 Å². The molecule has 2 rings (SSSR count). The lowest BCUT2D eigenvalue weighted by molar-refractivity contribution is -0.0380. The Bertz CT molecular complexity index is 423. The number of nitrogens with one attached hydrogen (secondary N) is 1. The van der Waals surface area contributed by atoms with Gasteiger partial charge in [-0.05, 0) is 18.9 Å². The van der Waals surface area contributed by atoms with E-state index in [1.165, 1.54) is 0 Å². The third kappa shape index (κ3) is 4.76. The highest BCUT2D eigenvalue weighted by Crippen LogP contribution is 2.29. The largest absolute Gasteiger partial charge is 0.378 e. The molecule has 0 aliphatic carbocycles. The summed E-state index contributed by atoms with van der Waals surface area (Å²) in [6, 6.07) is 0. The zero-order valence-electron chi connectivity index (χ0n) is 13.0. The van der Waals surface area contributed by atoms with Crippen LogP contribution in [0.2, 0.25) is 0 Å². The summed E-state index contributed by atoms with van der Waals surface area (Å²) >= 11 is 1.78. The van der Waals surface area contributed by atoms with Crippen LogP contribution in [0.4, 0.5) is 0 Å². The number of amidine groups is 1. The van der Waals surface area contributed by atoms with Gasteiger partial charge in [0.15, 0.2) is 0 Å². The highest BCUT2D eigenvalue weighted by atomic mass is 32.2. The van der Waals surface area contributed by atoms with E-state index in [0.29, 0.717) is 12.5 Å². The van der Waals surface area contributed by atoms with Gasteiger partial charge in [-0.3, -0.25) is 4.99 Å². The molecule has 0 aromatic heterocycles. The van der Waals surface area contributed by atoms with E-state index in [4.69, 9.17) is 9.47 Å². The van der Waals surface area contributed by atoms with Crippen LogP contribution in [0, 0.1) is 5.92 Å². The molecule has 118 valence electrons. The van der Waals surface area contributed by atoms with Gasteiger partial charge in [-0.1, -0.05) is 20.4 Å². The van der Waals surface area contributed by atoms with Crippen LogP contribution < -0.4 is 5.32 Å². The Morgan fingerprint density at radius 1 is 1.62 bits per heavy atom. The lowest BCUT2D eigenvalue weighted by Gasteiger charge is -2.32. The molecule has 2 aliphatic heterocycles. The lowest BCUT2D eigenvalue weighted by atomic mass is 10.2. The van der Waals surface area contributed by atoms with Gasteiger partial charge >= 0.3 is 0 Å². The van der Waals surface area contributed by atoms with E-state index in [0.717, 1.165) is 30.6 Å². The summed E-state index contributed by atoms with van der Waals surface area (Å²) < 4.78 is 11.4. The predicted molar refractivity (Wildman–Crippen MR) is 88.0 cm³/mol. The van der Waals surface area contributed by atoms with Crippen LogP contribution in [0.25, 0.3) is 0 Å². The SMILES string of the molecule is C=C1NC(=NCC(C)C)C=CN1[C@H]1CS[C@@H](COCC)O1. The van der Waals surface area contributed by atoms with Gasteiger partial charge in [0.25, 0.3) is 0 Å². The molecule has 2 aliphatic rings. The van der Waals surface area contributed by atoms with Crippen molar-refractivity contribution in [2.75, 3.05) is 25.5 Å². The van der Waals surface area contributed by atoms with Gasteiger partial charge in [0.05, 0.1) is 6.61 Å². The highest BCUT2D eigenvalue weighted by molar-refractivity contribution is 8.00. The van der Waals surface area contributed by atoms with Crippen molar-refractivity contribution in [2.24, 2.45) is 10.9 Å². The van der Waals surface area contributed by atoms with Crippen molar-refractivity contribution >= 4 is 17.6 Å². The van der Waals surface area contributed by atoms with Crippen LogP contribution >= 0.6 is 11.8 Å². The fourth-order valence-electron chi connectivity index (χ4n) is 2.03. The number of hydrogen-bond acceptors (Lipinski definition) is 5. The molecular formula is C15H25N3O2S. The van der Waals surface area contributed by atoms with Crippen LogP contribution in [0.1, 0.15) is 20.8 Å². The smallest absolute Gasteiger partial charge is 0.145 e. The highest BCUT2D eigenvalue weighted by Gasteiger charge is 2.31. The number of ether oxygens (including phenoxy) is 2. The van der Waals surface area contributed by atoms with Crippen molar-refractivity contribution in [3.05, 3.63) is 24.7 Å². The minimum atomic E-state index is 0.00311. The summed E-state index contributed by atoms with van der Waals surface area (Å²) in [6.45, 7) is 12.5. The third-order valence-corrected chi connectivity index (χ3v) is 4.20. The predicted octanol–water partition coefficient (Wildman–Crippen LogP) is 2.38. The number of nitrogens with zero attached hydrogens (tertiary/aromatic N) is 2. The molecule has 1 fully saturated rings. The normalized spacial score (nSPS) is 27.7. The average molecular weight is 311 g/mol. The van der Waals surface area contributed by atoms with E-state index < -0.39 is 0 Å². The van der Waals surface area contributed by atoms with Crippen molar-refractivity contribution in [1.29, 1.82) is 0 Å². The Morgan fingerprint density at radius 2 is 2.43 bits per heavy atom. The lowest BCUT2D eigenvalue weighted by Crippen LogP contribution is -2.42. The Kier molecular flexibility index (Phi) is 6.14. The van der Waals surface area contributed by atoms with Crippen LogP contribution in [-0.2, 0) is 9.47 Å². The monoisotopic (exact) mass is 311 g/mol. The first-order chi connectivity index (χ1) is 10.1. The van der Waals surface area contributed by atoms with Gasteiger partial charge in [0, 0.05) is 25.1 Å². The summed E-state index contributed by atoms with van der Waals surface area (Å²) in [5.74, 6) is 3.12. The Labute approximate surface area is 131 Å². The molecule has 0 amide bonds. The van der Waals surface area contributed by atoms with Crippen LogP contribution in [0.15, 0.2) is 29.7 Å². The van der Waals surface area contributed by atoms with Gasteiger partial charge in [-0.15, -0.1) is 11.8 Å². The van der Waals surface area contributed by atoms with Gasteiger partial charge in [0.1, 0.15) is 23.3 Å². The van der Waals surface area contributed by atoms with Crippen molar-refractivity contribution in [3.63, 3.8) is 0 Å². The van der Waals surface area contributed by atoms with Crippen molar-refractivity contribution in [2.45, 2.75) is 32.4 Å². The Hall–Kier alpha value is -0.980. The van der Waals surface area contributed by atoms with Crippen molar-refractivity contribution in [3.8, 4) is 0 Å². The van der Waals surface area contributed by atoms with E-state index in [9.17, 15) is 0 Å². The summed E-state index contributed by atoms with van der Waals surface area (Å²) in [7, 11) is 0. The zero-order chi connectivity index (χ0) is 15.2. The summed E-state index contributed by atoms with van der Waals surface area (Å²) in [4.78, 5) is 6.54. The average Bonchev–Trinajstić information content (AvgIpc) is 2.91. The first kappa shape index (κ1) is 16.4. The minimum absolute atomic E-state index is 0.00311. The number of thioether (sulfide) groups is 1. The maximum atomic E-state index is 5.98. The summed E-state index contributed by atoms with van der Waals surface area (Å²) in [5, 5.41) is 3.23. The molecule has 1 N–H and O–H groups in total. The van der Waals surface area contributed by atoms with Gasteiger partial charge in [-0.2, -0.15) is 0 Å². The second-order valence-corrected chi connectivity index (χ2v) is 6.62. The van der Waals surface area contributed by atoms with E-state index in [-0.39, 0.29) is 11.7 Å². The second kappa shape index (κ2) is 7.87. The standard InChI is InChI=1S/C15H25N3O2S/c1-5-19-9-15-20-14(10-21-15)18-7-6-13(17-12(18)4)16-8-11(2)3/h6-7,11,14-15H,4-5,8-10H2,1-3H3,(H,16,17)/t14-,15+/m1/s1. The molecule has 6 heteroatoms. The molecule has 2 atom stereocenters. The molecule has 0 unspecified atom stereocenters. The first-order valence-corrected chi connectivity index (χ1v) is 8.46. The molecule has 0 spiro atoms. The van der Waals surface area contributed by atoms with Crippen LogP contribution in [0.5, 0.6) is 0 Å². The first-order valence-electron chi connectivity index (χ1n) is 7.42. The molecule has 21 heavy (non-hydrogen) atoms. The molecule has 1 saturated heterocycles. The molecule has 0 aromatic carbocycles. The topological polar surface area (TPSA) is 46.1 Å². The summed E-state index contributed by atoms with van der Waals surface area (Å²) in [6.07, 6.45) is 3.97. The van der Waals surface area contributed by atoms with Gasteiger partial charge < -0.3 is 19.7 Å². The minimum Gasteiger partial charge on any atom is -0.378 e. The molecular weight excluding hydrogens is 286 g/mol. The number of rotatable bonds is 6. The molecule has 5 nitrogen and oxygen atoms in total. The van der Waals surface area contributed by atoms with E-state index in [1.54, 1.807) is 11.8 Å². The van der Waals surface area contributed by atoms with E-state index in [1.807, 2.05) is 24.1 Å². The molecule has 2 heterocycles. The Balaban J connectivity index is 1.89. The fourth-order valence-corrected chi connectivity index (χ4v) is 3.05. The fraction of sp³-hybridized carbons (Fsp3) is 0.667. The number of aliphatic imine (C=N–C) groups is 1. The zero-order valence-corrected chi connectivity index (χ0v) is 13.9. The second-order valence-electron chi connectivity index (χ2n) is 5.43. The number of hydrogen-bond donors (Lipinski definition) is 1. The van der Waals surface area contributed by atoms with E-state index in [2.05, 4.69) is 30.7 Å². The molecule has 0 aromatic rings. The maximum Gasteiger partial charge on any atom is 0.145 e. The molecule has 0 bridgehead atoms. The summed E-state index contributed by atoms with van der Waals surface area (Å²) in [5.41, 5.74) is 0.104. The maximum absolute atomic E-state index is 5.98. The molecule has 0 radical (unpaired) electrons. The van der Waals surface area contributed by atoms with Gasteiger partial charge in [0.2, 0.25) is 0 Å². The van der Waals surface area contributed by atoms with Crippen molar-refractivity contribution in [1.82, 2.24) is 10.2 Å². The van der Waals surface area contributed by atoms with Crippen LogP contribution in [-0.4, -0.2) is 47.9 Å². The van der Waals surface area contributed by atoms with Crippen molar-refractivity contribution < 1.29 is 9.47 Å². The Morgan fingerprint density at radius 3 is 3.10 bits per heavy atom.